The van der Waals surface area contributed by atoms with Crippen LogP contribution in [0.25, 0.3) is 6.08 Å². The number of nitrogens with two attached hydrogens (primary N) is 1. The molecule has 0 atom stereocenters. The van der Waals surface area contributed by atoms with E-state index in [0.717, 1.165) is 5.56 Å². The number of carbonyl (C=O) groups is 1. The minimum atomic E-state index is -0.559. The van der Waals surface area contributed by atoms with Gasteiger partial charge < -0.3 is 30.0 Å². The summed E-state index contributed by atoms with van der Waals surface area (Å²) < 4.78 is 21.1. The quantitative estimate of drug-likeness (QED) is 0.433. The minimum absolute atomic E-state index is 0.00523. The zero-order valence-corrected chi connectivity index (χ0v) is 16.6. The van der Waals surface area contributed by atoms with Crippen LogP contribution in [0.2, 0.25) is 0 Å². The van der Waals surface area contributed by atoms with E-state index >= 15 is 0 Å². The van der Waals surface area contributed by atoms with Gasteiger partial charge in [0.15, 0.2) is 23.9 Å². The first-order chi connectivity index (χ1) is 15.1. The van der Waals surface area contributed by atoms with Crippen LogP contribution in [0.1, 0.15) is 11.4 Å². The summed E-state index contributed by atoms with van der Waals surface area (Å²) in [7, 11) is 1.56. The molecule has 0 spiro atoms. The molecule has 10 heteroatoms. The van der Waals surface area contributed by atoms with Gasteiger partial charge >= 0.3 is 5.97 Å². The van der Waals surface area contributed by atoms with Gasteiger partial charge in [-0.1, -0.05) is 18.2 Å². The third-order valence-corrected chi connectivity index (χ3v) is 4.20. The van der Waals surface area contributed by atoms with Gasteiger partial charge in [0.2, 0.25) is 18.7 Å². The summed E-state index contributed by atoms with van der Waals surface area (Å²) >= 11 is 0. The third kappa shape index (κ3) is 4.99. The maximum Gasteiger partial charge on any atom is 0.331 e. The molecule has 0 bridgehead atoms. The Morgan fingerprint density at radius 1 is 1.16 bits per heavy atom. The highest BCUT2D eigenvalue weighted by molar-refractivity contribution is 5.87. The number of fused-ring (bicyclic) bond motifs is 1. The molecular weight excluding hydrogens is 402 g/mol. The van der Waals surface area contributed by atoms with Crippen molar-refractivity contribution in [2.45, 2.75) is 6.61 Å². The summed E-state index contributed by atoms with van der Waals surface area (Å²) in [5.41, 5.74) is 7.19. The lowest BCUT2D eigenvalue weighted by Gasteiger charge is -2.10. The van der Waals surface area contributed by atoms with Gasteiger partial charge in [-0.15, -0.1) is 0 Å². The molecule has 2 heterocycles. The van der Waals surface area contributed by atoms with E-state index in [1.165, 1.54) is 6.08 Å². The van der Waals surface area contributed by atoms with Crippen molar-refractivity contribution in [1.82, 2.24) is 15.0 Å². The summed E-state index contributed by atoms with van der Waals surface area (Å²) in [5, 5.41) is 3.02. The van der Waals surface area contributed by atoms with Gasteiger partial charge in [-0.3, -0.25) is 0 Å². The lowest BCUT2D eigenvalue weighted by molar-refractivity contribution is -0.139. The molecule has 1 aliphatic heterocycles. The topological polar surface area (TPSA) is 131 Å². The van der Waals surface area contributed by atoms with Gasteiger partial charge in [-0.05, 0) is 35.9 Å². The number of aromatic nitrogens is 3. The lowest BCUT2D eigenvalue weighted by Crippen LogP contribution is -2.10. The first-order valence-corrected chi connectivity index (χ1v) is 9.25. The fraction of sp³-hybridized carbons (Fsp3) is 0.143. The van der Waals surface area contributed by atoms with E-state index in [2.05, 4.69) is 20.3 Å². The van der Waals surface area contributed by atoms with Gasteiger partial charge in [0.05, 0.1) is 12.8 Å². The molecule has 0 fully saturated rings. The van der Waals surface area contributed by atoms with E-state index in [1.807, 2.05) is 12.1 Å². The second-order valence-electron chi connectivity index (χ2n) is 6.31. The summed E-state index contributed by atoms with van der Waals surface area (Å²) in [6.07, 6.45) is 2.91. The largest absolute Gasteiger partial charge is 0.495 e. The van der Waals surface area contributed by atoms with Crippen LogP contribution in [0, 0.1) is 0 Å². The van der Waals surface area contributed by atoms with Crippen molar-refractivity contribution in [2.75, 3.05) is 25.0 Å². The van der Waals surface area contributed by atoms with Crippen molar-refractivity contribution in [3.8, 4) is 17.2 Å². The van der Waals surface area contributed by atoms with Gasteiger partial charge in [-0.2, -0.15) is 15.0 Å². The number of carbonyl (C=O) groups excluding carboxylic acids is 1. The third-order valence-electron chi connectivity index (χ3n) is 4.20. The first kappa shape index (κ1) is 20.0. The van der Waals surface area contributed by atoms with Crippen molar-refractivity contribution >= 4 is 29.6 Å². The number of hydrogen-bond donors (Lipinski definition) is 2. The highest BCUT2D eigenvalue weighted by Gasteiger charge is 2.13. The molecule has 158 valence electrons. The molecule has 0 amide bonds. The first-order valence-electron chi connectivity index (χ1n) is 9.25. The van der Waals surface area contributed by atoms with E-state index in [-0.39, 0.29) is 31.1 Å². The van der Waals surface area contributed by atoms with Crippen molar-refractivity contribution in [3.05, 3.63) is 59.9 Å². The average Bonchev–Trinajstić information content (AvgIpc) is 3.24. The number of esters is 1. The average molecular weight is 421 g/mol. The molecule has 2 aromatic carbocycles. The smallest absolute Gasteiger partial charge is 0.331 e. The molecular formula is C21H19N5O5. The van der Waals surface area contributed by atoms with Crippen LogP contribution < -0.4 is 25.3 Å². The Morgan fingerprint density at radius 2 is 2.00 bits per heavy atom. The van der Waals surface area contributed by atoms with Crippen molar-refractivity contribution in [1.29, 1.82) is 0 Å². The Bertz CT molecular complexity index is 1130. The van der Waals surface area contributed by atoms with E-state index < -0.39 is 5.97 Å². The number of anilines is 3. The predicted molar refractivity (Wildman–Crippen MR) is 112 cm³/mol. The normalized spacial score (nSPS) is 12.0. The van der Waals surface area contributed by atoms with Crippen LogP contribution in [-0.2, 0) is 16.1 Å². The number of rotatable bonds is 7. The van der Waals surface area contributed by atoms with Crippen molar-refractivity contribution in [2.24, 2.45) is 0 Å². The molecule has 10 nitrogen and oxygen atoms in total. The van der Waals surface area contributed by atoms with Crippen molar-refractivity contribution < 1.29 is 23.7 Å². The minimum Gasteiger partial charge on any atom is -0.495 e. The Labute approximate surface area is 177 Å². The maximum atomic E-state index is 12.1. The highest BCUT2D eigenvalue weighted by atomic mass is 16.7. The fourth-order valence-electron chi connectivity index (χ4n) is 2.79. The molecule has 1 aliphatic rings. The van der Waals surface area contributed by atoms with Crippen LogP contribution in [-0.4, -0.2) is 34.8 Å². The van der Waals surface area contributed by atoms with E-state index in [0.29, 0.717) is 22.9 Å². The Hall–Kier alpha value is -4.34. The molecule has 3 N–H and O–H groups in total. The molecule has 0 unspecified atom stereocenters. The van der Waals surface area contributed by atoms with Gasteiger partial charge in [0.25, 0.3) is 0 Å². The summed E-state index contributed by atoms with van der Waals surface area (Å²) in [6, 6.07) is 12.6. The predicted octanol–water partition coefficient (Wildman–Crippen LogP) is 2.69. The number of nitrogens with one attached hydrogen (secondary N) is 1. The van der Waals surface area contributed by atoms with E-state index in [1.54, 1.807) is 43.5 Å². The second-order valence-corrected chi connectivity index (χ2v) is 6.31. The number of para-hydroxylation sites is 2. The Kier molecular flexibility index (Phi) is 5.79. The van der Waals surface area contributed by atoms with Gasteiger partial charge in [-0.25, -0.2) is 4.79 Å². The summed E-state index contributed by atoms with van der Waals surface area (Å²) in [6.45, 7) is 0.0190. The number of nitrogen functional groups attached to an aromatic ring is 1. The second kappa shape index (κ2) is 8.99. The van der Waals surface area contributed by atoms with Crippen LogP contribution in [0.5, 0.6) is 17.2 Å². The SMILES string of the molecule is COc1ccccc1Nc1nc(N)nc(COC(=O)/C=C/c2ccc3c(c2)OCO3)n1. The molecule has 0 aliphatic carbocycles. The zero-order chi connectivity index (χ0) is 21.6. The number of benzene rings is 2. The standard InChI is InChI=1S/C21H19N5O5/c1-28-15-5-3-2-4-14(15)23-21-25-18(24-20(22)26-21)11-29-19(27)9-7-13-6-8-16-17(10-13)31-12-30-16/h2-10H,11-12H2,1H3,(H3,22,23,24,25,26)/b9-7+. The summed E-state index contributed by atoms with van der Waals surface area (Å²) in [5.74, 6) is 1.76. The van der Waals surface area contributed by atoms with E-state index in [9.17, 15) is 4.79 Å². The van der Waals surface area contributed by atoms with Crippen LogP contribution in [0.4, 0.5) is 17.6 Å². The van der Waals surface area contributed by atoms with Gasteiger partial charge in [0, 0.05) is 6.08 Å². The van der Waals surface area contributed by atoms with Gasteiger partial charge in [0.1, 0.15) is 5.75 Å². The van der Waals surface area contributed by atoms with E-state index in [4.69, 9.17) is 24.7 Å². The molecule has 1 aromatic heterocycles. The van der Waals surface area contributed by atoms with Crippen LogP contribution >= 0.6 is 0 Å². The number of ether oxygens (including phenoxy) is 4. The monoisotopic (exact) mass is 421 g/mol. The molecule has 4 rings (SSSR count). The fourth-order valence-corrected chi connectivity index (χ4v) is 2.79. The Balaban J connectivity index is 1.38. The number of methoxy groups -OCH3 is 1. The molecule has 0 saturated heterocycles. The number of nitrogens with zero attached hydrogens (tertiary/aromatic N) is 3. The van der Waals surface area contributed by atoms with Crippen LogP contribution in [0.3, 0.4) is 0 Å². The van der Waals surface area contributed by atoms with Crippen LogP contribution in [0.15, 0.2) is 48.5 Å². The highest BCUT2D eigenvalue weighted by Crippen LogP contribution is 2.32. The lowest BCUT2D eigenvalue weighted by atomic mass is 10.2. The molecule has 31 heavy (non-hydrogen) atoms. The number of hydrogen-bond acceptors (Lipinski definition) is 10. The Morgan fingerprint density at radius 3 is 2.87 bits per heavy atom. The van der Waals surface area contributed by atoms with Crippen molar-refractivity contribution in [3.63, 3.8) is 0 Å². The summed E-state index contributed by atoms with van der Waals surface area (Å²) in [4.78, 5) is 24.4. The molecule has 0 radical (unpaired) electrons. The maximum absolute atomic E-state index is 12.1. The molecule has 0 saturated carbocycles. The zero-order valence-electron chi connectivity index (χ0n) is 16.6. The molecule has 3 aromatic rings.